The van der Waals surface area contributed by atoms with Crippen LogP contribution in [0.4, 0.5) is 0 Å². The number of rotatable bonds is 4. The van der Waals surface area contributed by atoms with E-state index in [-0.39, 0.29) is 19.0 Å². The number of hydrogen-bond donors (Lipinski definition) is 0. The van der Waals surface area contributed by atoms with Crippen molar-refractivity contribution >= 4 is 15.9 Å². The van der Waals surface area contributed by atoms with Gasteiger partial charge in [0.05, 0.1) is 28.0 Å². The number of hydrogen-bond acceptors (Lipinski definition) is 4. The van der Waals surface area contributed by atoms with Crippen molar-refractivity contribution in [1.82, 2.24) is 19.0 Å². The van der Waals surface area contributed by atoms with Crippen molar-refractivity contribution in [3.05, 3.63) is 77.1 Å². The average Bonchev–Trinajstić information content (AvgIpc) is 3.16. The van der Waals surface area contributed by atoms with Gasteiger partial charge in [-0.15, -0.1) is 0 Å². The van der Waals surface area contributed by atoms with Gasteiger partial charge in [0.25, 0.3) is 5.91 Å². The van der Waals surface area contributed by atoms with Crippen LogP contribution in [-0.2, 0) is 10.0 Å². The maximum Gasteiger partial charge on any atom is 0.257 e. The number of para-hydroxylation sites is 1. The summed E-state index contributed by atoms with van der Waals surface area (Å²) >= 11 is 0. The predicted molar refractivity (Wildman–Crippen MR) is 119 cm³/mol. The molecule has 0 N–H and O–H groups in total. The van der Waals surface area contributed by atoms with E-state index in [2.05, 4.69) is 5.10 Å². The topological polar surface area (TPSA) is 75.5 Å². The van der Waals surface area contributed by atoms with Gasteiger partial charge in [-0.1, -0.05) is 30.3 Å². The lowest BCUT2D eigenvalue weighted by Gasteiger charge is -2.34. The van der Waals surface area contributed by atoms with E-state index in [0.717, 1.165) is 22.5 Å². The quantitative estimate of drug-likeness (QED) is 0.628. The van der Waals surface area contributed by atoms with E-state index < -0.39 is 10.0 Å². The van der Waals surface area contributed by atoms with Crippen molar-refractivity contribution in [3.63, 3.8) is 0 Å². The van der Waals surface area contributed by atoms with Crippen LogP contribution in [0, 0.1) is 20.8 Å². The van der Waals surface area contributed by atoms with Crippen molar-refractivity contribution in [3.8, 4) is 5.69 Å². The van der Waals surface area contributed by atoms with Gasteiger partial charge < -0.3 is 4.90 Å². The summed E-state index contributed by atoms with van der Waals surface area (Å²) in [5, 5.41) is 4.38. The third-order valence-corrected chi connectivity index (χ3v) is 7.77. The molecule has 0 radical (unpaired) electrons. The van der Waals surface area contributed by atoms with Gasteiger partial charge in [-0.3, -0.25) is 4.79 Å². The third kappa shape index (κ3) is 4.00. The summed E-state index contributed by atoms with van der Waals surface area (Å²) in [7, 11) is -3.59. The Morgan fingerprint density at radius 3 is 2.29 bits per heavy atom. The molecule has 2 aromatic carbocycles. The summed E-state index contributed by atoms with van der Waals surface area (Å²) in [4.78, 5) is 15.1. The summed E-state index contributed by atoms with van der Waals surface area (Å²) in [6.45, 7) is 6.79. The van der Waals surface area contributed by atoms with Gasteiger partial charge in [0.15, 0.2) is 0 Å². The van der Waals surface area contributed by atoms with Crippen LogP contribution in [0.3, 0.4) is 0 Å². The van der Waals surface area contributed by atoms with Crippen LogP contribution in [0.5, 0.6) is 0 Å². The lowest BCUT2D eigenvalue weighted by Crippen LogP contribution is -2.50. The molecule has 0 saturated carbocycles. The second kappa shape index (κ2) is 8.28. The fraction of sp³-hybridized carbons (Fsp3) is 0.304. The summed E-state index contributed by atoms with van der Waals surface area (Å²) in [5.41, 5.74) is 3.83. The highest BCUT2D eigenvalue weighted by Gasteiger charge is 2.32. The van der Waals surface area contributed by atoms with E-state index in [9.17, 15) is 13.2 Å². The molecular formula is C23H26N4O3S. The van der Waals surface area contributed by atoms with Crippen LogP contribution in [0.15, 0.2) is 59.6 Å². The second-order valence-corrected chi connectivity index (χ2v) is 9.76. The van der Waals surface area contributed by atoms with Crippen LogP contribution in [0.25, 0.3) is 5.69 Å². The third-order valence-electron chi connectivity index (χ3n) is 5.73. The van der Waals surface area contributed by atoms with Gasteiger partial charge in [-0.2, -0.15) is 9.40 Å². The Hall–Kier alpha value is -2.97. The van der Waals surface area contributed by atoms with Crippen molar-refractivity contribution in [2.24, 2.45) is 0 Å². The molecule has 1 fully saturated rings. The van der Waals surface area contributed by atoms with Crippen LogP contribution in [-0.4, -0.2) is 59.5 Å². The van der Waals surface area contributed by atoms with Crippen LogP contribution in [0.2, 0.25) is 0 Å². The van der Waals surface area contributed by atoms with Crippen LogP contribution in [0.1, 0.15) is 27.2 Å². The molecule has 1 amide bonds. The molecule has 2 heterocycles. The summed E-state index contributed by atoms with van der Waals surface area (Å²) in [6.07, 6.45) is 1.59. The minimum Gasteiger partial charge on any atom is -0.336 e. The standard InChI is InChI=1S/C23H26N4O3S/c1-17-9-10-18(2)22(15-17)31(29,30)26-13-11-25(12-14-26)23(28)21-16-24-27(19(21)3)20-7-5-4-6-8-20/h4-10,15-16H,11-14H2,1-3H3. The van der Waals surface area contributed by atoms with E-state index in [1.54, 1.807) is 28.8 Å². The highest BCUT2D eigenvalue weighted by Crippen LogP contribution is 2.23. The van der Waals surface area contributed by atoms with Gasteiger partial charge in [0.2, 0.25) is 10.0 Å². The molecule has 7 nitrogen and oxygen atoms in total. The minimum absolute atomic E-state index is 0.122. The molecule has 1 aromatic heterocycles. The van der Waals surface area contributed by atoms with Crippen LogP contribution < -0.4 is 0 Å². The second-order valence-electron chi connectivity index (χ2n) is 7.86. The van der Waals surface area contributed by atoms with Gasteiger partial charge in [0, 0.05) is 26.2 Å². The molecule has 3 aromatic rings. The molecule has 162 valence electrons. The number of aryl methyl sites for hydroxylation is 2. The molecule has 0 aliphatic carbocycles. The number of piperazine rings is 1. The van der Waals surface area contributed by atoms with E-state index in [4.69, 9.17) is 0 Å². The summed E-state index contributed by atoms with van der Waals surface area (Å²) in [5.74, 6) is -0.122. The number of nitrogens with zero attached hydrogens (tertiary/aromatic N) is 4. The number of amides is 1. The largest absolute Gasteiger partial charge is 0.336 e. The molecule has 4 rings (SSSR count). The molecule has 1 aliphatic heterocycles. The number of carbonyl (C=O) groups is 1. The number of benzene rings is 2. The molecule has 1 saturated heterocycles. The molecule has 8 heteroatoms. The molecule has 31 heavy (non-hydrogen) atoms. The maximum absolute atomic E-state index is 13.1. The Morgan fingerprint density at radius 2 is 1.61 bits per heavy atom. The fourth-order valence-electron chi connectivity index (χ4n) is 3.88. The summed E-state index contributed by atoms with van der Waals surface area (Å²) in [6, 6.07) is 15.1. The zero-order valence-corrected chi connectivity index (χ0v) is 18.8. The first-order chi connectivity index (χ1) is 14.8. The smallest absolute Gasteiger partial charge is 0.257 e. The van der Waals surface area contributed by atoms with Gasteiger partial charge in [-0.25, -0.2) is 13.1 Å². The monoisotopic (exact) mass is 438 g/mol. The lowest BCUT2D eigenvalue weighted by molar-refractivity contribution is 0.0697. The lowest BCUT2D eigenvalue weighted by atomic mass is 10.2. The van der Waals surface area contributed by atoms with E-state index in [1.807, 2.05) is 56.3 Å². The highest BCUT2D eigenvalue weighted by molar-refractivity contribution is 7.89. The van der Waals surface area contributed by atoms with E-state index >= 15 is 0 Å². The number of aromatic nitrogens is 2. The Kier molecular flexibility index (Phi) is 5.68. The predicted octanol–water partition coefficient (Wildman–Crippen LogP) is 2.94. The Bertz CT molecular complexity index is 1210. The van der Waals surface area contributed by atoms with E-state index in [0.29, 0.717) is 23.5 Å². The van der Waals surface area contributed by atoms with Crippen molar-refractivity contribution < 1.29 is 13.2 Å². The Balaban J connectivity index is 1.49. The first-order valence-electron chi connectivity index (χ1n) is 10.3. The normalized spacial score (nSPS) is 15.3. The molecule has 1 aliphatic rings. The molecule has 0 atom stereocenters. The van der Waals surface area contributed by atoms with Crippen molar-refractivity contribution in [2.75, 3.05) is 26.2 Å². The highest BCUT2D eigenvalue weighted by atomic mass is 32.2. The SMILES string of the molecule is Cc1ccc(C)c(S(=O)(=O)N2CCN(C(=O)c3cnn(-c4ccccc4)c3C)CC2)c1. The van der Waals surface area contributed by atoms with Crippen LogP contribution >= 0.6 is 0 Å². The zero-order chi connectivity index (χ0) is 22.2. The number of sulfonamides is 1. The molecule has 0 bridgehead atoms. The average molecular weight is 439 g/mol. The maximum atomic E-state index is 13.1. The first kappa shape index (κ1) is 21.3. The molecular weight excluding hydrogens is 412 g/mol. The molecule has 0 spiro atoms. The van der Waals surface area contributed by atoms with Gasteiger partial charge >= 0.3 is 0 Å². The Morgan fingerprint density at radius 1 is 0.935 bits per heavy atom. The first-order valence-corrected chi connectivity index (χ1v) is 11.7. The van der Waals surface area contributed by atoms with Gasteiger partial charge in [-0.05, 0) is 50.1 Å². The minimum atomic E-state index is -3.59. The fourth-order valence-corrected chi connectivity index (χ4v) is 5.61. The number of carbonyl (C=O) groups excluding carboxylic acids is 1. The van der Waals surface area contributed by atoms with E-state index in [1.165, 1.54) is 4.31 Å². The van der Waals surface area contributed by atoms with Gasteiger partial charge in [0.1, 0.15) is 0 Å². The zero-order valence-electron chi connectivity index (χ0n) is 17.9. The van der Waals surface area contributed by atoms with Crippen molar-refractivity contribution in [2.45, 2.75) is 25.7 Å². The van der Waals surface area contributed by atoms with Crippen molar-refractivity contribution in [1.29, 1.82) is 0 Å². The Labute approximate surface area is 183 Å². The molecule has 0 unspecified atom stereocenters. The summed E-state index contributed by atoms with van der Waals surface area (Å²) < 4.78 is 29.5.